The number of halogens is 2. The van der Waals surface area contributed by atoms with Crippen LogP contribution in [0.5, 0.6) is 0 Å². The summed E-state index contributed by atoms with van der Waals surface area (Å²) >= 11 is 3.27. The molecule has 1 aromatic carbocycles. The molecule has 0 saturated heterocycles. The summed E-state index contributed by atoms with van der Waals surface area (Å²) in [4.78, 5) is 4.52. The van der Waals surface area contributed by atoms with Crippen molar-refractivity contribution >= 4 is 21.9 Å². The van der Waals surface area contributed by atoms with Crippen LogP contribution in [-0.2, 0) is 15.9 Å². The molecule has 0 heterocycles. The van der Waals surface area contributed by atoms with Gasteiger partial charge in [0.05, 0.1) is 13.2 Å². The topological polar surface area (TPSA) is 54.9 Å². The number of nitrogens with one attached hydrogen (secondary N) is 2. The molecule has 7 heteroatoms. The van der Waals surface area contributed by atoms with Crippen molar-refractivity contribution in [1.29, 1.82) is 0 Å². The van der Waals surface area contributed by atoms with Crippen molar-refractivity contribution in [2.45, 2.75) is 26.2 Å². The lowest BCUT2D eigenvalue weighted by atomic mass is 10.1. The van der Waals surface area contributed by atoms with Gasteiger partial charge < -0.3 is 20.1 Å². The van der Waals surface area contributed by atoms with Gasteiger partial charge in [0.15, 0.2) is 5.96 Å². The van der Waals surface area contributed by atoms with E-state index in [1.54, 1.807) is 7.11 Å². The first-order valence-corrected chi connectivity index (χ1v) is 9.49. The van der Waals surface area contributed by atoms with Gasteiger partial charge in [-0.2, -0.15) is 0 Å². The summed E-state index contributed by atoms with van der Waals surface area (Å²) in [6.07, 6.45) is 2.38. The van der Waals surface area contributed by atoms with Crippen molar-refractivity contribution in [3.8, 4) is 0 Å². The van der Waals surface area contributed by atoms with E-state index in [0.29, 0.717) is 32.8 Å². The number of rotatable bonds is 12. The Bertz CT molecular complexity index is 515. The lowest BCUT2D eigenvalue weighted by molar-refractivity contribution is 0.0698. The van der Waals surface area contributed by atoms with Crippen LogP contribution in [0.15, 0.2) is 27.7 Å². The van der Waals surface area contributed by atoms with Crippen molar-refractivity contribution in [1.82, 2.24) is 10.6 Å². The first kappa shape index (κ1) is 21.9. The molecule has 0 aliphatic carbocycles. The molecule has 0 atom stereocenters. The van der Waals surface area contributed by atoms with Gasteiger partial charge in [-0.3, -0.25) is 4.99 Å². The SMILES string of the molecule is CCNC(=NCCCc1ccc(Br)cc1F)NCCCOCCOC. The van der Waals surface area contributed by atoms with Crippen LogP contribution in [0.1, 0.15) is 25.3 Å². The summed E-state index contributed by atoms with van der Waals surface area (Å²) in [5.74, 6) is 0.618. The zero-order chi connectivity index (χ0) is 18.3. The smallest absolute Gasteiger partial charge is 0.191 e. The number of hydrogen-bond acceptors (Lipinski definition) is 3. The number of nitrogens with zero attached hydrogens (tertiary/aromatic N) is 1. The molecule has 0 amide bonds. The van der Waals surface area contributed by atoms with Gasteiger partial charge in [0.25, 0.3) is 0 Å². The minimum absolute atomic E-state index is 0.170. The molecule has 25 heavy (non-hydrogen) atoms. The summed E-state index contributed by atoms with van der Waals surface area (Å²) in [7, 11) is 1.66. The molecular formula is C18H29BrFN3O2. The van der Waals surface area contributed by atoms with Gasteiger partial charge in [-0.15, -0.1) is 0 Å². The third-order valence-electron chi connectivity index (χ3n) is 3.42. The number of methoxy groups -OCH3 is 1. The lowest BCUT2D eigenvalue weighted by Gasteiger charge is -2.11. The number of benzene rings is 1. The molecule has 5 nitrogen and oxygen atoms in total. The van der Waals surface area contributed by atoms with Crippen LogP contribution in [0.4, 0.5) is 4.39 Å². The summed E-state index contributed by atoms with van der Waals surface area (Å²) < 4.78 is 24.9. The quantitative estimate of drug-likeness (QED) is 0.311. The van der Waals surface area contributed by atoms with Crippen molar-refractivity contribution in [3.63, 3.8) is 0 Å². The average molecular weight is 418 g/mol. The molecule has 0 radical (unpaired) electrons. The van der Waals surface area contributed by atoms with Crippen LogP contribution in [0, 0.1) is 5.82 Å². The molecule has 0 aliphatic heterocycles. The van der Waals surface area contributed by atoms with Crippen molar-refractivity contribution < 1.29 is 13.9 Å². The molecule has 2 N–H and O–H groups in total. The highest BCUT2D eigenvalue weighted by atomic mass is 79.9. The Kier molecular flexibility index (Phi) is 12.3. The minimum Gasteiger partial charge on any atom is -0.382 e. The number of guanidine groups is 1. The van der Waals surface area contributed by atoms with Crippen LogP contribution in [0.3, 0.4) is 0 Å². The lowest BCUT2D eigenvalue weighted by Crippen LogP contribution is -2.38. The zero-order valence-electron chi connectivity index (χ0n) is 15.1. The van der Waals surface area contributed by atoms with Gasteiger partial charge in [0, 0.05) is 37.8 Å². The predicted molar refractivity (Wildman–Crippen MR) is 104 cm³/mol. The van der Waals surface area contributed by atoms with Crippen molar-refractivity contribution in [2.24, 2.45) is 4.99 Å². The Labute approximate surface area is 158 Å². The van der Waals surface area contributed by atoms with Crippen LogP contribution in [0.2, 0.25) is 0 Å². The Balaban J connectivity index is 2.25. The standard InChI is InChI=1S/C18H29BrFN3O2/c1-3-21-18(23-10-5-11-25-13-12-24-2)22-9-4-6-15-7-8-16(19)14-17(15)20/h7-8,14H,3-6,9-13H2,1-2H3,(H2,21,22,23). The van der Waals surface area contributed by atoms with E-state index in [4.69, 9.17) is 9.47 Å². The number of hydrogen-bond donors (Lipinski definition) is 2. The van der Waals surface area contributed by atoms with E-state index in [1.807, 2.05) is 19.1 Å². The summed E-state index contributed by atoms with van der Waals surface area (Å²) in [6.45, 7) is 6.21. The molecule has 1 aromatic rings. The maximum Gasteiger partial charge on any atom is 0.191 e. The Morgan fingerprint density at radius 1 is 1.20 bits per heavy atom. The summed E-state index contributed by atoms with van der Waals surface area (Å²) in [5.41, 5.74) is 0.726. The number of aliphatic imine (C=N–C) groups is 1. The normalized spacial score (nSPS) is 11.6. The molecule has 1 rings (SSSR count). The third-order valence-corrected chi connectivity index (χ3v) is 3.92. The monoisotopic (exact) mass is 417 g/mol. The molecule has 0 unspecified atom stereocenters. The number of aryl methyl sites for hydroxylation is 1. The van der Waals surface area contributed by atoms with Crippen LogP contribution >= 0.6 is 15.9 Å². The van der Waals surface area contributed by atoms with Gasteiger partial charge in [-0.05, 0) is 43.9 Å². The van der Waals surface area contributed by atoms with Gasteiger partial charge in [-0.1, -0.05) is 22.0 Å². The zero-order valence-corrected chi connectivity index (χ0v) is 16.7. The molecule has 0 saturated carbocycles. The minimum atomic E-state index is -0.170. The second-order valence-electron chi connectivity index (χ2n) is 5.49. The predicted octanol–water partition coefficient (Wildman–Crippen LogP) is 3.13. The second kappa shape index (κ2) is 14.0. The highest BCUT2D eigenvalue weighted by molar-refractivity contribution is 9.10. The van der Waals surface area contributed by atoms with E-state index < -0.39 is 0 Å². The maximum absolute atomic E-state index is 13.8. The second-order valence-corrected chi connectivity index (χ2v) is 6.40. The van der Waals surface area contributed by atoms with E-state index in [9.17, 15) is 4.39 Å². The molecule has 0 aliphatic rings. The van der Waals surface area contributed by atoms with Gasteiger partial charge in [-0.25, -0.2) is 4.39 Å². The van der Waals surface area contributed by atoms with Crippen LogP contribution in [-0.4, -0.2) is 52.5 Å². The van der Waals surface area contributed by atoms with Gasteiger partial charge >= 0.3 is 0 Å². The van der Waals surface area contributed by atoms with Crippen LogP contribution in [0.25, 0.3) is 0 Å². The molecule has 0 fully saturated rings. The number of ether oxygens (including phenoxy) is 2. The molecular weight excluding hydrogens is 389 g/mol. The van der Waals surface area contributed by atoms with E-state index in [2.05, 4.69) is 31.6 Å². The van der Waals surface area contributed by atoms with E-state index in [0.717, 1.165) is 41.9 Å². The summed E-state index contributed by atoms with van der Waals surface area (Å²) in [6, 6.07) is 5.18. The molecule has 0 aromatic heterocycles. The molecule has 0 bridgehead atoms. The maximum atomic E-state index is 13.8. The Morgan fingerprint density at radius 2 is 2.04 bits per heavy atom. The van der Waals surface area contributed by atoms with Crippen LogP contribution < -0.4 is 10.6 Å². The van der Waals surface area contributed by atoms with Crippen molar-refractivity contribution in [2.75, 3.05) is 46.6 Å². The first-order chi connectivity index (χ1) is 12.2. The summed E-state index contributed by atoms with van der Waals surface area (Å²) in [5, 5.41) is 6.49. The fraction of sp³-hybridized carbons (Fsp3) is 0.611. The highest BCUT2D eigenvalue weighted by Crippen LogP contribution is 2.16. The Morgan fingerprint density at radius 3 is 2.76 bits per heavy atom. The average Bonchev–Trinajstić information content (AvgIpc) is 2.59. The van der Waals surface area contributed by atoms with Gasteiger partial charge in [0.2, 0.25) is 0 Å². The molecule has 142 valence electrons. The van der Waals surface area contributed by atoms with Gasteiger partial charge in [0.1, 0.15) is 5.82 Å². The molecule has 0 spiro atoms. The third kappa shape index (κ3) is 10.4. The highest BCUT2D eigenvalue weighted by Gasteiger charge is 2.03. The van der Waals surface area contributed by atoms with Crippen molar-refractivity contribution in [3.05, 3.63) is 34.1 Å². The first-order valence-electron chi connectivity index (χ1n) is 8.70. The van der Waals surface area contributed by atoms with E-state index >= 15 is 0 Å². The fourth-order valence-corrected chi connectivity index (χ4v) is 2.49. The fourth-order valence-electron chi connectivity index (χ4n) is 2.15. The Hall–Kier alpha value is -1.18. The van der Waals surface area contributed by atoms with E-state index in [-0.39, 0.29) is 5.82 Å². The largest absolute Gasteiger partial charge is 0.382 e. The van der Waals surface area contributed by atoms with E-state index in [1.165, 1.54) is 6.07 Å².